The van der Waals surface area contributed by atoms with Crippen molar-refractivity contribution in [1.82, 2.24) is 4.90 Å². The van der Waals surface area contributed by atoms with E-state index in [-0.39, 0.29) is 12.0 Å². The first kappa shape index (κ1) is 16.6. The highest BCUT2D eigenvalue weighted by molar-refractivity contribution is 5.97. The molecule has 5 nitrogen and oxygen atoms in total. The molecule has 1 aliphatic heterocycles. The second kappa shape index (κ2) is 6.83. The number of carbonyl (C=O) groups excluding carboxylic acids is 2. The number of ether oxygens (including phenoxy) is 1. The number of hydrogen-bond acceptors (Lipinski definition) is 3. The van der Waals surface area contributed by atoms with E-state index in [4.69, 9.17) is 4.74 Å². The van der Waals surface area contributed by atoms with E-state index in [1.165, 1.54) is 11.1 Å². The molecular weight excluding hydrogens is 328 g/mol. The number of cyclic esters (lactones) is 1. The number of aryl methyl sites for hydroxylation is 1. The molecule has 1 saturated heterocycles. The van der Waals surface area contributed by atoms with Crippen molar-refractivity contribution < 1.29 is 14.3 Å². The van der Waals surface area contributed by atoms with Gasteiger partial charge in [0.1, 0.15) is 6.61 Å². The van der Waals surface area contributed by atoms with Crippen LogP contribution in [0.15, 0.2) is 48.5 Å². The molecule has 4 rings (SSSR count). The molecular formula is C21H22N2O3. The van der Waals surface area contributed by atoms with Crippen molar-refractivity contribution in [3.63, 3.8) is 0 Å². The first-order chi connectivity index (χ1) is 12.6. The van der Waals surface area contributed by atoms with Crippen LogP contribution in [0.2, 0.25) is 0 Å². The monoisotopic (exact) mass is 350 g/mol. The van der Waals surface area contributed by atoms with Crippen molar-refractivity contribution in [1.29, 1.82) is 0 Å². The summed E-state index contributed by atoms with van der Waals surface area (Å²) >= 11 is 0. The van der Waals surface area contributed by atoms with E-state index >= 15 is 0 Å². The second-order valence-corrected chi connectivity index (χ2v) is 6.91. The van der Waals surface area contributed by atoms with E-state index in [1.54, 1.807) is 11.0 Å². The number of amides is 2. The van der Waals surface area contributed by atoms with Crippen LogP contribution in [0.25, 0.3) is 0 Å². The highest BCUT2D eigenvalue weighted by Gasteiger charge is 2.33. The molecule has 1 saturated carbocycles. The topological polar surface area (TPSA) is 49.9 Å². The van der Waals surface area contributed by atoms with Crippen molar-refractivity contribution in [2.24, 2.45) is 0 Å². The summed E-state index contributed by atoms with van der Waals surface area (Å²) in [6.07, 6.45) is 1.75. The summed E-state index contributed by atoms with van der Waals surface area (Å²) in [6, 6.07) is 15.8. The van der Waals surface area contributed by atoms with Gasteiger partial charge in [0, 0.05) is 23.8 Å². The molecule has 2 fully saturated rings. The number of hydrogen-bond donors (Lipinski definition) is 0. The van der Waals surface area contributed by atoms with Gasteiger partial charge in [0.25, 0.3) is 5.91 Å². The summed E-state index contributed by atoms with van der Waals surface area (Å²) in [5, 5.41) is 0. The minimum absolute atomic E-state index is 0.0187. The Labute approximate surface area is 153 Å². The zero-order chi connectivity index (χ0) is 18.1. The Morgan fingerprint density at radius 3 is 2.69 bits per heavy atom. The zero-order valence-corrected chi connectivity index (χ0v) is 14.9. The van der Waals surface area contributed by atoms with Gasteiger partial charge < -0.3 is 9.64 Å². The van der Waals surface area contributed by atoms with Crippen LogP contribution < -0.4 is 4.90 Å². The molecule has 0 aromatic heterocycles. The molecule has 2 aliphatic rings. The molecule has 0 N–H and O–H groups in total. The fraction of sp³-hybridized carbons (Fsp3) is 0.333. The third kappa shape index (κ3) is 3.29. The van der Waals surface area contributed by atoms with Gasteiger partial charge >= 0.3 is 6.09 Å². The van der Waals surface area contributed by atoms with Gasteiger partial charge in [-0.15, -0.1) is 0 Å². The van der Waals surface area contributed by atoms with Crippen molar-refractivity contribution in [2.45, 2.75) is 32.4 Å². The fourth-order valence-corrected chi connectivity index (χ4v) is 3.32. The predicted molar refractivity (Wildman–Crippen MR) is 99.2 cm³/mol. The minimum Gasteiger partial charge on any atom is -0.447 e. The maximum atomic E-state index is 13.2. The third-order valence-electron chi connectivity index (χ3n) is 5.02. The van der Waals surface area contributed by atoms with E-state index in [9.17, 15) is 9.59 Å². The standard InChI is InChI=1S/C21H22N2O3/c1-15-5-2-3-6-17(15)14-23(18-9-10-18)20(24)16-7-4-8-19(13-16)22-11-12-26-21(22)25/h2-8,13,18H,9-12,14H2,1H3. The molecule has 0 bridgehead atoms. The third-order valence-corrected chi connectivity index (χ3v) is 5.02. The highest BCUT2D eigenvalue weighted by atomic mass is 16.6. The molecule has 26 heavy (non-hydrogen) atoms. The van der Waals surface area contributed by atoms with E-state index < -0.39 is 0 Å². The van der Waals surface area contributed by atoms with E-state index in [2.05, 4.69) is 19.1 Å². The van der Waals surface area contributed by atoms with Crippen molar-refractivity contribution in [3.8, 4) is 0 Å². The molecule has 1 aliphatic carbocycles. The molecule has 0 atom stereocenters. The molecule has 0 unspecified atom stereocenters. The van der Waals surface area contributed by atoms with Crippen LogP contribution in [0.1, 0.15) is 34.3 Å². The summed E-state index contributed by atoms with van der Waals surface area (Å²) in [6.45, 7) is 3.60. The lowest BCUT2D eigenvalue weighted by Gasteiger charge is -2.24. The fourth-order valence-electron chi connectivity index (χ4n) is 3.32. The summed E-state index contributed by atoms with van der Waals surface area (Å²) in [7, 11) is 0. The van der Waals surface area contributed by atoms with Crippen LogP contribution in [0.3, 0.4) is 0 Å². The second-order valence-electron chi connectivity index (χ2n) is 6.91. The quantitative estimate of drug-likeness (QED) is 0.825. The average Bonchev–Trinajstić information content (AvgIpc) is 3.41. The van der Waals surface area contributed by atoms with Crippen LogP contribution in [-0.4, -0.2) is 36.1 Å². The lowest BCUT2D eigenvalue weighted by molar-refractivity contribution is 0.0729. The Bertz CT molecular complexity index is 845. The molecule has 0 radical (unpaired) electrons. The number of nitrogens with zero attached hydrogens (tertiary/aromatic N) is 2. The summed E-state index contributed by atoms with van der Waals surface area (Å²) in [4.78, 5) is 28.5. The van der Waals surface area contributed by atoms with Crippen LogP contribution in [0.4, 0.5) is 10.5 Å². The molecule has 2 amide bonds. The van der Waals surface area contributed by atoms with Gasteiger partial charge in [-0.25, -0.2) is 4.79 Å². The minimum atomic E-state index is -0.353. The van der Waals surface area contributed by atoms with Crippen LogP contribution in [0, 0.1) is 6.92 Å². The van der Waals surface area contributed by atoms with Gasteiger partial charge in [-0.2, -0.15) is 0 Å². The Morgan fingerprint density at radius 1 is 1.19 bits per heavy atom. The van der Waals surface area contributed by atoms with E-state index in [1.807, 2.05) is 35.2 Å². The summed E-state index contributed by atoms with van der Waals surface area (Å²) in [5.74, 6) is 0.0187. The molecule has 2 aromatic carbocycles. The summed E-state index contributed by atoms with van der Waals surface area (Å²) in [5.41, 5.74) is 3.69. The Morgan fingerprint density at radius 2 is 2.00 bits per heavy atom. The lowest BCUT2D eigenvalue weighted by atomic mass is 10.1. The Kier molecular flexibility index (Phi) is 4.37. The van der Waals surface area contributed by atoms with Crippen LogP contribution in [-0.2, 0) is 11.3 Å². The highest BCUT2D eigenvalue weighted by Crippen LogP contribution is 2.31. The molecule has 5 heteroatoms. The number of anilines is 1. The number of carbonyl (C=O) groups is 2. The predicted octanol–water partition coefficient (Wildman–Crippen LogP) is 3.76. The lowest BCUT2D eigenvalue weighted by Crippen LogP contribution is -2.33. The van der Waals surface area contributed by atoms with Gasteiger partial charge in [0.2, 0.25) is 0 Å². The van der Waals surface area contributed by atoms with Crippen molar-refractivity contribution in [2.75, 3.05) is 18.1 Å². The normalized spacial score (nSPS) is 16.5. The first-order valence-corrected chi connectivity index (χ1v) is 9.03. The van der Waals surface area contributed by atoms with Gasteiger partial charge in [-0.05, 0) is 49.1 Å². The number of benzene rings is 2. The van der Waals surface area contributed by atoms with Gasteiger partial charge in [-0.3, -0.25) is 9.69 Å². The summed E-state index contributed by atoms with van der Waals surface area (Å²) < 4.78 is 5.00. The van der Waals surface area contributed by atoms with Gasteiger partial charge in [0.05, 0.1) is 6.54 Å². The SMILES string of the molecule is Cc1ccccc1CN(C(=O)c1cccc(N2CCOC2=O)c1)C1CC1. The Balaban J connectivity index is 1.58. The first-order valence-electron chi connectivity index (χ1n) is 9.03. The van der Waals surface area contributed by atoms with Crippen molar-refractivity contribution in [3.05, 3.63) is 65.2 Å². The largest absolute Gasteiger partial charge is 0.447 e. The molecule has 134 valence electrons. The van der Waals surface area contributed by atoms with Crippen LogP contribution >= 0.6 is 0 Å². The molecule has 2 aromatic rings. The van der Waals surface area contributed by atoms with Crippen LogP contribution in [0.5, 0.6) is 0 Å². The van der Waals surface area contributed by atoms with Gasteiger partial charge in [-0.1, -0.05) is 30.3 Å². The smallest absolute Gasteiger partial charge is 0.414 e. The van der Waals surface area contributed by atoms with Crippen molar-refractivity contribution >= 4 is 17.7 Å². The van der Waals surface area contributed by atoms with E-state index in [0.29, 0.717) is 37.0 Å². The maximum absolute atomic E-state index is 13.2. The average molecular weight is 350 g/mol. The maximum Gasteiger partial charge on any atom is 0.414 e. The molecule has 1 heterocycles. The number of rotatable bonds is 5. The van der Waals surface area contributed by atoms with Gasteiger partial charge in [0.15, 0.2) is 0 Å². The van der Waals surface area contributed by atoms with E-state index in [0.717, 1.165) is 12.8 Å². The Hall–Kier alpha value is -2.82. The molecule has 0 spiro atoms. The zero-order valence-electron chi connectivity index (χ0n) is 14.9.